The van der Waals surface area contributed by atoms with Gasteiger partial charge >= 0.3 is 10.4 Å². The first-order valence-corrected chi connectivity index (χ1v) is 17.4. The molecule has 4 aromatic rings. The molecule has 0 amide bonds. The Bertz CT molecular complexity index is 2080. The summed E-state index contributed by atoms with van der Waals surface area (Å²) in [4.78, 5) is 16.0. The summed E-state index contributed by atoms with van der Waals surface area (Å²) in [5.74, 6) is -0.693. The molecule has 5 N–H and O–H groups in total. The van der Waals surface area contributed by atoms with E-state index in [9.17, 15) is 26.5 Å². The molecule has 0 aliphatic heterocycles. The third-order valence-corrected chi connectivity index (χ3v) is 8.28. The summed E-state index contributed by atoms with van der Waals surface area (Å²) in [6, 6.07) is 9.59. The maximum Gasteiger partial charge on any atom is 0.433 e. The molecule has 18 nitrogen and oxygen atoms in total. The van der Waals surface area contributed by atoms with Crippen LogP contribution in [0.3, 0.4) is 0 Å². The molecule has 3 aromatic carbocycles. The van der Waals surface area contributed by atoms with Crippen LogP contribution in [0.25, 0.3) is 10.8 Å². The number of aromatic nitrogens is 3. The maximum atomic E-state index is 12.2. The Hall–Kier alpha value is -3.51. The fraction of sp³-hybridized carbons (Fsp3) is 0.0455. The molecule has 0 radical (unpaired) electrons. The minimum atomic E-state index is -4.83. The van der Waals surface area contributed by atoms with Crippen LogP contribution in [0.15, 0.2) is 72.5 Å². The zero-order valence-corrected chi connectivity index (χ0v) is 27.1. The number of thioether (sulfide) groups is 2. The van der Waals surface area contributed by atoms with Gasteiger partial charge in [0.25, 0.3) is 10.1 Å². The van der Waals surface area contributed by atoms with Gasteiger partial charge < -0.3 is 10.4 Å². The van der Waals surface area contributed by atoms with Crippen LogP contribution in [0.2, 0.25) is 5.28 Å². The van der Waals surface area contributed by atoms with Crippen molar-refractivity contribution < 1.29 is 54.9 Å². The van der Waals surface area contributed by atoms with Crippen molar-refractivity contribution in [3.8, 4) is 17.1 Å². The normalized spacial score (nSPS) is 11.8. The largest absolute Gasteiger partial charge is 0.505 e. The van der Waals surface area contributed by atoms with E-state index in [0.29, 0.717) is 16.9 Å². The lowest BCUT2D eigenvalue weighted by atomic mass is 10.1. The second-order valence-electron chi connectivity index (χ2n) is 7.93. The van der Waals surface area contributed by atoms with Crippen molar-refractivity contribution in [2.75, 3.05) is 11.6 Å². The van der Waals surface area contributed by atoms with Crippen molar-refractivity contribution in [1.82, 2.24) is 15.0 Å². The molecule has 0 unspecified atom stereocenters. The number of rotatable bonds is 12. The lowest BCUT2D eigenvalue weighted by Crippen LogP contribution is -2.04. The summed E-state index contributed by atoms with van der Waals surface area (Å²) in [7, 11) is -9.65. The van der Waals surface area contributed by atoms with Crippen molar-refractivity contribution in [3.05, 3.63) is 47.7 Å². The summed E-state index contributed by atoms with van der Waals surface area (Å²) in [5, 5.41) is 36.9. The number of azo groups is 1. The molecule has 1 heterocycles. The summed E-state index contributed by atoms with van der Waals surface area (Å²) in [6.07, 6.45) is 3.60. The first kappa shape index (κ1) is 35.3. The Kier molecular flexibility index (Phi) is 11.8. The van der Waals surface area contributed by atoms with E-state index in [2.05, 4.69) is 54.3 Å². The number of aromatic hydroxyl groups is 1. The smallest absolute Gasteiger partial charge is 0.433 e. The van der Waals surface area contributed by atoms with Gasteiger partial charge in [0.1, 0.15) is 10.6 Å². The third kappa shape index (κ3) is 9.51. The van der Waals surface area contributed by atoms with E-state index >= 15 is 0 Å². The molecule has 0 spiro atoms. The van der Waals surface area contributed by atoms with Crippen LogP contribution in [0.1, 0.15) is 0 Å². The molecular weight excluding hydrogens is 736 g/mol. The van der Waals surface area contributed by atoms with Crippen molar-refractivity contribution in [2.24, 2.45) is 10.2 Å². The van der Waals surface area contributed by atoms with Crippen molar-refractivity contribution in [1.29, 1.82) is 0 Å². The molecule has 0 atom stereocenters. The number of nitrogens with one attached hydrogen (secondary N) is 1. The zero-order chi connectivity index (χ0) is 33.5. The topological polar surface area (TPSA) is 262 Å². The first-order chi connectivity index (χ1) is 21.8. The van der Waals surface area contributed by atoms with Crippen LogP contribution in [0.4, 0.5) is 23.0 Å². The molecule has 1 aromatic heterocycles. The maximum absolute atomic E-state index is 12.2. The lowest BCUT2D eigenvalue weighted by molar-refractivity contribution is -0.432. The van der Waals surface area contributed by atoms with Crippen LogP contribution in [-0.2, 0) is 39.1 Å². The standard InChI is InChI=1S/C22H15ClN6O12S5/c1-42-22-26-20(23)25-21(27-22)24-14-6-7-16(45(32,33)34)13-10-15(44-40-39-31)18(19(30)17(13)14)29-28-11-2-4-12(5-3-11)43-9-8-38-41-46(35,36)37/h2-7,10,30-31H,1H3,(H,32,33,34)(H,35,36,37)(H,24,25,26,27). The summed E-state index contributed by atoms with van der Waals surface area (Å²) in [6.45, 7) is 0. The van der Waals surface area contributed by atoms with Gasteiger partial charge in [-0.05, 0) is 76.4 Å². The number of phenols is 1. The molecule has 0 bridgehead atoms. The van der Waals surface area contributed by atoms with E-state index in [1.54, 1.807) is 18.4 Å². The van der Waals surface area contributed by atoms with Crippen molar-refractivity contribution in [3.63, 3.8) is 0 Å². The van der Waals surface area contributed by atoms with Crippen LogP contribution >= 0.6 is 47.2 Å². The van der Waals surface area contributed by atoms with Crippen LogP contribution in [0, 0.1) is 11.4 Å². The second kappa shape index (κ2) is 15.4. The molecule has 0 saturated carbocycles. The van der Waals surface area contributed by atoms with Crippen molar-refractivity contribution >= 4 is 101 Å². The predicted octanol–water partition coefficient (Wildman–Crippen LogP) is 5.70. The van der Waals surface area contributed by atoms with E-state index in [1.807, 2.05) is 6.11 Å². The third-order valence-electron chi connectivity index (χ3n) is 5.10. The highest BCUT2D eigenvalue weighted by Crippen LogP contribution is 2.48. The van der Waals surface area contributed by atoms with Crippen molar-refractivity contribution in [2.45, 2.75) is 19.8 Å². The van der Waals surface area contributed by atoms with E-state index < -0.39 is 31.2 Å². The van der Waals surface area contributed by atoms with Gasteiger partial charge in [0.2, 0.25) is 11.2 Å². The lowest BCUT2D eigenvalue weighted by Gasteiger charge is -2.15. The van der Waals surface area contributed by atoms with Gasteiger partial charge in [-0.3, -0.25) is 14.0 Å². The number of halogens is 1. The number of benzene rings is 3. The summed E-state index contributed by atoms with van der Waals surface area (Å²) >= 11 is 8.40. The Balaban J connectivity index is 1.76. The molecule has 242 valence electrons. The van der Waals surface area contributed by atoms with Crippen LogP contribution in [0.5, 0.6) is 5.75 Å². The van der Waals surface area contributed by atoms with E-state index in [4.69, 9.17) is 21.4 Å². The quantitative estimate of drug-likeness (QED) is 0.0221. The van der Waals surface area contributed by atoms with Gasteiger partial charge in [-0.1, -0.05) is 16.8 Å². The predicted molar refractivity (Wildman–Crippen MR) is 164 cm³/mol. The summed E-state index contributed by atoms with van der Waals surface area (Å²) in [5.41, 5.74) is 0.0476. The second-order valence-corrected chi connectivity index (χ2v) is 13.0. The molecule has 46 heavy (non-hydrogen) atoms. The minimum Gasteiger partial charge on any atom is -0.505 e. The average Bonchev–Trinajstić information content (AvgIpc) is 2.98. The number of phenolic OH excluding ortho intramolecular Hbond substituents is 1. The average molecular weight is 751 g/mol. The van der Waals surface area contributed by atoms with Gasteiger partial charge in [0.05, 0.1) is 33.7 Å². The van der Waals surface area contributed by atoms with Gasteiger partial charge in [0.15, 0.2) is 17.0 Å². The van der Waals surface area contributed by atoms with Gasteiger partial charge in [-0.15, -0.1) is 9.45 Å². The summed E-state index contributed by atoms with van der Waals surface area (Å²) < 4.78 is 71.8. The van der Waals surface area contributed by atoms with Gasteiger partial charge in [-0.2, -0.15) is 36.9 Å². The molecule has 0 fully saturated rings. The highest BCUT2D eigenvalue weighted by molar-refractivity contribution is 8.04. The van der Waals surface area contributed by atoms with E-state index in [-0.39, 0.29) is 49.1 Å². The number of nitrogens with zero attached hydrogens (tertiary/aromatic N) is 5. The molecule has 0 aliphatic carbocycles. The Labute approximate surface area is 276 Å². The minimum absolute atomic E-state index is 0.0523. The first-order valence-electron chi connectivity index (χ1n) is 11.5. The number of hydrogen-bond acceptors (Lipinski definition) is 19. The fourth-order valence-electron chi connectivity index (χ4n) is 3.42. The van der Waals surface area contributed by atoms with E-state index in [0.717, 1.165) is 17.8 Å². The highest BCUT2D eigenvalue weighted by atomic mass is 35.5. The Morgan fingerprint density at radius 3 is 2.41 bits per heavy atom. The van der Waals surface area contributed by atoms with Crippen LogP contribution in [-0.4, -0.2) is 57.5 Å². The van der Waals surface area contributed by atoms with E-state index in [1.165, 1.54) is 36.0 Å². The Morgan fingerprint density at radius 2 is 1.76 bits per heavy atom. The SMILES string of the molecule is CSc1nc(Cl)nc(Nc2ccc(S(=O)(=O)O)c3cc(SOOO)c(N=Nc4ccc(SC#COOS(=O)(=O)O)cc4)c(O)c23)n1. The van der Waals surface area contributed by atoms with Gasteiger partial charge in [0, 0.05) is 15.5 Å². The molecule has 0 saturated heterocycles. The zero-order valence-electron chi connectivity index (χ0n) is 22.3. The molecule has 24 heteroatoms. The molecule has 4 rings (SSSR count). The number of anilines is 2. The van der Waals surface area contributed by atoms with Gasteiger partial charge in [-0.25, -0.2) is 5.26 Å². The number of hydrogen-bond donors (Lipinski definition) is 5. The molecular formula is C22H15ClN6O12S5. The monoisotopic (exact) mass is 750 g/mol. The van der Waals surface area contributed by atoms with Crippen LogP contribution < -0.4 is 5.32 Å². The Morgan fingerprint density at radius 1 is 1.02 bits per heavy atom. The molecule has 0 aliphatic rings. The highest BCUT2D eigenvalue weighted by Gasteiger charge is 2.24. The number of fused-ring (bicyclic) bond motifs is 1. The fourth-order valence-corrected chi connectivity index (χ4v) is 5.74.